The highest BCUT2D eigenvalue weighted by Crippen LogP contribution is 2.36. The third kappa shape index (κ3) is 1.75. The fraction of sp³-hybridized carbons (Fsp3) is 0.429. The Morgan fingerprint density at radius 1 is 1.35 bits per heavy atom. The maximum absolute atomic E-state index is 14.1. The second-order valence-electron chi connectivity index (χ2n) is 4.88. The van der Waals surface area contributed by atoms with Crippen molar-refractivity contribution in [3.05, 3.63) is 35.8 Å². The quantitative estimate of drug-likeness (QED) is 0.817. The molecule has 1 aliphatic rings. The maximum atomic E-state index is 14.1. The molecule has 3 heteroatoms. The van der Waals surface area contributed by atoms with Gasteiger partial charge in [0.25, 0.3) is 0 Å². The monoisotopic (exact) mass is 233 g/mol. The van der Waals surface area contributed by atoms with E-state index in [4.69, 9.17) is 4.42 Å². The first-order chi connectivity index (χ1) is 8.27. The summed E-state index contributed by atoms with van der Waals surface area (Å²) in [6, 6.07) is 5.23. The van der Waals surface area contributed by atoms with Crippen LogP contribution in [0.5, 0.6) is 0 Å². The van der Waals surface area contributed by atoms with E-state index in [1.165, 1.54) is 0 Å². The Labute approximate surface area is 99.8 Å². The van der Waals surface area contributed by atoms with Crippen molar-refractivity contribution < 1.29 is 8.81 Å². The van der Waals surface area contributed by atoms with Crippen LogP contribution < -0.4 is 5.32 Å². The molecule has 0 unspecified atom stereocenters. The first-order valence-corrected chi connectivity index (χ1v) is 6.13. The van der Waals surface area contributed by atoms with E-state index in [9.17, 15) is 4.39 Å². The number of fused-ring (bicyclic) bond motifs is 1. The first kappa shape index (κ1) is 10.8. The topological polar surface area (TPSA) is 25.2 Å². The van der Waals surface area contributed by atoms with Crippen LogP contribution in [0.2, 0.25) is 0 Å². The Morgan fingerprint density at radius 3 is 3.06 bits per heavy atom. The molecule has 0 saturated carbocycles. The predicted octanol–water partition coefficient (Wildman–Crippen LogP) is 3.28. The number of hydrogen-bond donors (Lipinski definition) is 1. The zero-order valence-electron chi connectivity index (χ0n) is 9.87. The summed E-state index contributed by atoms with van der Waals surface area (Å²) < 4.78 is 19.5. The van der Waals surface area contributed by atoms with Gasteiger partial charge >= 0.3 is 0 Å². The third-order valence-electron chi connectivity index (χ3n) is 3.76. The molecule has 90 valence electrons. The van der Waals surface area contributed by atoms with Crippen LogP contribution >= 0.6 is 0 Å². The summed E-state index contributed by atoms with van der Waals surface area (Å²) in [7, 11) is 0. The molecule has 0 aliphatic carbocycles. The minimum Gasteiger partial charge on any atom is -0.464 e. The van der Waals surface area contributed by atoms with E-state index in [1.54, 1.807) is 18.4 Å². The fourth-order valence-electron chi connectivity index (χ4n) is 2.82. The second-order valence-corrected chi connectivity index (χ2v) is 4.88. The number of hydrogen-bond acceptors (Lipinski definition) is 2. The number of benzene rings is 1. The SMILES string of the molecule is C[C@@H]1CNCC[C@@H]1c1c(F)ccc2ccoc12. The molecule has 0 amide bonds. The molecule has 3 rings (SSSR count). The standard InChI is InChI=1S/C14H16FNO/c1-9-8-16-6-4-11(9)13-12(15)3-2-10-5-7-17-14(10)13/h2-3,5,7,9,11,16H,4,6,8H2,1H3/t9-,11+/m1/s1. The van der Waals surface area contributed by atoms with Crippen molar-refractivity contribution in [3.8, 4) is 0 Å². The minimum atomic E-state index is -0.133. The lowest BCUT2D eigenvalue weighted by Crippen LogP contribution is -2.34. The third-order valence-corrected chi connectivity index (χ3v) is 3.76. The van der Waals surface area contributed by atoms with Gasteiger partial charge in [0, 0.05) is 10.9 Å². The van der Waals surface area contributed by atoms with Gasteiger partial charge in [0.05, 0.1) is 6.26 Å². The van der Waals surface area contributed by atoms with Crippen molar-refractivity contribution in [2.24, 2.45) is 5.92 Å². The molecule has 1 aliphatic heterocycles. The maximum Gasteiger partial charge on any atom is 0.140 e. The largest absolute Gasteiger partial charge is 0.464 e. The zero-order chi connectivity index (χ0) is 11.8. The number of halogens is 1. The van der Waals surface area contributed by atoms with Gasteiger partial charge in [-0.05, 0) is 49.5 Å². The van der Waals surface area contributed by atoms with Crippen molar-refractivity contribution in [1.29, 1.82) is 0 Å². The van der Waals surface area contributed by atoms with Gasteiger partial charge in [-0.25, -0.2) is 4.39 Å². The molecule has 1 fully saturated rings. The Balaban J connectivity index is 2.14. The zero-order valence-corrected chi connectivity index (χ0v) is 9.87. The predicted molar refractivity (Wildman–Crippen MR) is 65.6 cm³/mol. The summed E-state index contributed by atoms with van der Waals surface area (Å²) in [5.74, 6) is 0.561. The van der Waals surface area contributed by atoms with E-state index in [0.29, 0.717) is 5.92 Å². The molecule has 1 saturated heterocycles. The van der Waals surface area contributed by atoms with E-state index < -0.39 is 0 Å². The minimum absolute atomic E-state index is 0.133. The van der Waals surface area contributed by atoms with Crippen LogP contribution in [0.4, 0.5) is 4.39 Å². The van der Waals surface area contributed by atoms with Crippen molar-refractivity contribution in [2.75, 3.05) is 13.1 Å². The summed E-state index contributed by atoms with van der Waals surface area (Å²) in [5.41, 5.74) is 1.49. The van der Waals surface area contributed by atoms with Gasteiger partial charge < -0.3 is 9.73 Å². The molecule has 0 radical (unpaired) electrons. The smallest absolute Gasteiger partial charge is 0.140 e. The summed E-state index contributed by atoms with van der Waals surface area (Å²) in [4.78, 5) is 0. The van der Waals surface area contributed by atoms with Crippen molar-refractivity contribution in [1.82, 2.24) is 5.32 Å². The van der Waals surface area contributed by atoms with Crippen LogP contribution in [0.25, 0.3) is 11.0 Å². The highest BCUT2D eigenvalue weighted by Gasteiger charge is 2.27. The lowest BCUT2D eigenvalue weighted by atomic mass is 9.81. The highest BCUT2D eigenvalue weighted by molar-refractivity contribution is 5.81. The van der Waals surface area contributed by atoms with Gasteiger partial charge in [-0.1, -0.05) is 6.92 Å². The molecular weight excluding hydrogens is 217 g/mol. The van der Waals surface area contributed by atoms with Gasteiger partial charge in [0.15, 0.2) is 0 Å². The van der Waals surface area contributed by atoms with E-state index >= 15 is 0 Å². The summed E-state index contributed by atoms with van der Waals surface area (Å²) in [6.07, 6.45) is 2.61. The molecule has 0 spiro atoms. The molecule has 0 bridgehead atoms. The normalized spacial score (nSPS) is 25.3. The molecule has 1 N–H and O–H groups in total. The van der Waals surface area contributed by atoms with E-state index in [1.807, 2.05) is 6.07 Å². The molecule has 2 atom stereocenters. The summed E-state index contributed by atoms with van der Waals surface area (Å²) >= 11 is 0. The number of rotatable bonds is 1. The second kappa shape index (κ2) is 4.15. The Hall–Kier alpha value is -1.35. The number of nitrogens with one attached hydrogen (secondary N) is 1. The van der Waals surface area contributed by atoms with Crippen LogP contribution in [0.1, 0.15) is 24.8 Å². The average molecular weight is 233 g/mol. The van der Waals surface area contributed by atoms with Crippen LogP contribution in [-0.4, -0.2) is 13.1 Å². The van der Waals surface area contributed by atoms with Gasteiger partial charge in [-0.15, -0.1) is 0 Å². The Morgan fingerprint density at radius 2 is 2.24 bits per heavy atom. The lowest BCUT2D eigenvalue weighted by molar-refractivity contribution is 0.341. The molecule has 2 aromatic rings. The Kier molecular flexibility index (Phi) is 2.63. The molecule has 2 nitrogen and oxygen atoms in total. The fourth-order valence-corrected chi connectivity index (χ4v) is 2.82. The number of piperidine rings is 1. The Bertz CT molecular complexity index is 534. The average Bonchev–Trinajstić information content (AvgIpc) is 2.79. The summed E-state index contributed by atoms with van der Waals surface area (Å²) in [6.45, 7) is 4.06. The van der Waals surface area contributed by atoms with Crippen molar-refractivity contribution >= 4 is 11.0 Å². The lowest BCUT2D eigenvalue weighted by Gasteiger charge is -2.30. The van der Waals surface area contributed by atoms with Crippen molar-refractivity contribution in [2.45, 2.75) is 19.3 Å². The number of furan rings is 1. The highest BCUT2D eigenvalue weighted by atomic mass is 19.1. The molecule has 17 heavy (non-hydrogen) atoms. The van der Waals surface area contributed by atoms with E-state index in [-0.39, 0.29) is 11.7 Å². The van der Waals surface area contributed by atoms with Crippen LogP contribution in [0, 0.1) is 11.7 Å². The van der Waals surface area contributed by atoms with Crippen LogP contribution in [0.15, 0.2) is 28.9 Å². The van der Waals surface area contributed by atoms with E-state index in [0.717, 1.165) is 36.0 Å². The van der Waals surface area contributed by atoms with Crippen LogP contribution in [0.3, 0.4) is 0 Å². The summed E-state index contributed by atoms with van der Waals surface area (Å²) in [5, 5.41) is 4.34. The van der Waals surface area contributed by atoms with Gasteiger partial charge in [-0.2, -0.15) is 0 Å². The van der Waals surface area contributed by atoms with Gasteiger partial charge in [0.2, 0.25) is 0 Å². The first-order valence-electron chi connectivity index (χ1n) is 6.13. The molecular formula is C14H16FNO. The van der Waals surface area contributed by atoms with Crippen molar-refractivity contribution in [3.63, 3.8) is 0 Å². The molecule has 1 aromatic heterocycles. The van der Waals surface area contributed by atoms with Gasteiger partial charge in [0.1, 0.15) is 11.4 Å². The molecule has 2 heterocycles. The molecule has 1 aromatic carbocycles. The van der Waals surface area contributed by atoms with E-state index in [2.05, 4.69) is 12.2 Å². The van der Waals surface area contributed by atoms with Crippen LogP contribution in [-0.2, 0) is 0 Å². The van der Waals surface area contributed by atoms with Gasteiger partial charge in [-0.3, -0.25) is 0 Å².